The number of nitrogens with zero attached hydrogens (tertiary/aromatic N) is 4. The van der Waals surface area contributed by atoms with Gasteiger partial charge in [-0.15, -0.1) is 0 Å². The fourth-order valence-corrected chi connectivity index (χ4v) is 6.67. The summed E-state index contributed by atoms with van der Waals surface area (Å²) in [5, 5.41) is 6.36. The van der Waals surface area contributed by atoms with Crippen molar-refractivity contribution in [1.29, 1.82) is 0 Å². The number of esters is 1. The maximum absolute atomic E-state index is 14.5. The van der Waals surface area contributed by atoms with Crippen LogP contribution in [-0.4, -0.2) is 57.0 Å². The highest BCUT2D eigenvalue weighted by Gasteiger charge is 2.60. The molecule has 9 heteroatoms. The molecule has 6 rings (SSSR count). The van der Waals surface area contributed by atoms with Gasteiger partial charge in [0.05, 0.1) is 36.7 Å². The van der Waals surface area contributed by atoms with Crippen molar-refractivity contribution in [2.24, 2.45) is 10.5 Å². The average molecular weight is 604 g/mol. The molecular formula is C31H31BrN4O4. The first-order chi connectivity index (χ1) is 19.3. The molecule has 0 N–H and O–H groups in total. The number of carbonyl (C=O) groups excluding carboxylic acids is 2. The SMILES string of the molecule is CCOC(=O)c1ccc(N2N=C(C)[C@@]3(Cc4cc(Br)ccc4N4CCN(c5ccc(OC)cc5)C[C@H]43)C2=O)cc1. The molecule has 0 aliphatic carbocycles. The smallest absolute Gasteiger partial charge is 0.338 e. The number of halogens is 1. The molecular weight excluding hydrogens is 572 g/mol. The Morgan fingerprint density at radius 3 is 2.48 bits per heavy atom. The van der Waals surface area contributed by atoms with E-state index in [1.165, 1.54) is 10.7 Å². The number of ether oxygens (including phenoxy) is 2. The molecule has 3 aliphatic heterocycles. The molecule has 0 bridgehead atoms. The molecule has 1 fully saturated rings. The summed E-state index contributed by atoms with van der Waals surface area (Å²) in [7, 11) is 1.67. The van der Waals surface area contributed by atoms with E-state index >= 15 is 0 Å². The van der Waals surface area contributed by atoms with Crippen molar-refractivity contribution < 1.29 is 19.1 Å². The zero-order valence-corrected chi connectivity index (χ0v) is 24.3. The van der Waals surface area contributed by atoms with Crippen LogP contribution in [0, 0.1) is 5.41 Å². The minimum atomic E-state index is -0.835. The first-order valence-corrected chi connectivity index (χ1v) is 14.3. The summed E-state index contributed by atoms with van der Waals surface area (Å²) in [5.41, 5.74) is 4.44. The number of carbonyl (C=O) groups is 2. The number of hydrogen-bond donors (Lipinski definition) is 0. The molecule has 1 saturated heterocycles. The summed E-state index contributed by atoms with van der Waals surface area (Å²) in [6.07, 6.45) is 0.560. The van der Waals surface area contributed by atoms with E-state index < -0.39 is 5.41 Å². The fourth-order valence-electron chi connectivity index (χ4n) is 6.26. The lowest BCUT2D eigenvalue weighted by atomic mass is 9.67. The number of piperazine rings is 1. The average Bonchev–Trinajstić information content (AvgIpc) is 3.22. The molecule has 0 aromatic heterocycles. The summed E-state index contributed by atoms with van der Waals surface area (Å²) >= 11 is 3.64. The summed E-state index contributed by atoms with van der Waals surface area (Å²) in [5.74, 6) is 0.379. The second kappa shape index (κ2) is 10.3. The van der Waals surface area contributed by atoms with Gasteiger partial charge in [0.15, 0.2) is 0 Å². The lowest BCUT2D eigenvalue weighted by Gasteiger charge is -2.53. The number of fused-ring (bicyclic) bond motifs is 4. The maximum Gasteiger partial charge on any atom is 0.338 e. The summed E-state index contributed by atoms with van der Waals surface area (Å²) in [6, 6.07) is 21.2. The van der Waals surface area contributed by atoms with Crippen molar-refractivity contribution in [2.45, 2.75) is 26.3 Å². The van der Waals surface area contributed by atoms with Crippen LogP contribution in [0.25, 0.3) is 0 Å². The Morgan fingerprint density at radius 1 is 1.05 bits per heavy atom. The predicted molar refractivity (Wildman–Crippen MR) is 160 cm³/mol. The topological polar surface area (TPSA) is 74.7 Å². The highest BCUT2D eigenvalue weighted by Crippen LogP contribution is 2.49. The lowest BCUT2D eigenvalue weighted by molar-refractivity contribution is -0.125. The van der Waals surface area contributed by atoms with Gasteiger partial charge in [-0.3, -0.25) is 4.79 Å². The van der Waals surface area contributed by atoms with Gasteiger partial charge in [0.2, 0.25) is 0 Å². The number of rotatable bonds is 5. The number of amides is 1. The summed E-state index contributed by atoms with van der Waals surface area (Å²) < 4.78 is 11.5. The highest BCUT2D eigenvalue weighted by atomic mass is 79.9. The molecule has 3 aromatic carbocycles. The minimum Gasteiger partial charge on any atom is -0.497 e. The van der Waals surface area contributed by atoms with Crippen LogP contribution < -0.4 is 19.5 Å². The number of benzene rings is 3. The second-order valence-electron chi connectivity index (χ2n) is 10.3. The van der Waals surface area contributed by atoms with Crippen molar-refractivity contribution in [3.63, 3.8) is 0 Å². The Hall–Kier alpha value is -3.85. The van der Waals surface area contributed by atoms with E-state index in [2.05, 4.69) is 56.1 Å². The molecule has 0 saturated carbocycles. The molecule has 2 atom stereocenters. The van der Waals surface area contributed by atoms with Gasteiger partial charge in [-0.2, -0.15) is 10.1 Å². The summed E-state index contributed by atoms with van der Waals surface area (Å²) in [6.45, 7) is 6.34. The van der Waals surface area contributed by atoms with Gasteiger partial charge in [-0.1, -0.05) is 15.9 Å². The van der Waals surface area contributed by atoms with Crippen molar-refractivity contribution in [3.8, 4) is 5.75 Å². The van der Waals surface area contributed by atoms with Crippen molar-refractivity contribution >= 4 is 50.6 Å². The monoisotopic (exact) mass is 602 g/mol. The normalized spacial score (nSPS) is 21.7. The number of hydrazone groups is 1. The first kappa shape index (κ1) is 26.4. The van der Waals surface area contributed by atoms with E-state index in [0.717, 1.165) is 40.3 Å². The minimum absolute atomic E-state index is 0.0499. The number of anilines is 3. The number of hydrogen-bond acceptors (Lipinski definition) is 7. The second-order valence-corrected chi connectivity index (χ2v) is 11.3. The van der Waals surface area contributed by atoms with Gasteiger partial charge >= 0.3 is 5.97 Å². The van der Waals surface area contributed by atoms with Gasteiger partial charge in [0.25, 0.3) is 5.91 Å². The molecule has 3 aromatic rings. The number of methoxy groups -OCH3 is 1. The zero-order valence-electron chi connectivity index (χ0n) is 22.8. The van der Waals surface area contributed by atoms with Crippen LogP contribution in [0.3, 0.4) is 0 Å². The molecule has 3 aliphatic rings. The van der Waals surface area contributed by atoms with Crippen LogP contribution in [-0.2, 0) is 16.0 Å². The molecule has 0 radical (unpaired) electrons. The third kappa shape index (κ3) is 4.23. The van der Waals surface area contributed by atoms with E-state index in [1.807, 2.05) is 19.1 Å². The predicted octanol–water partition coefficient (Wildman–Crippen LogP) is 5.29. The van der Waals surface area contributed by atoms with E-state index in [4.69, 9.17) is 14.6 Å². The van der Waals surface area contributed by atoms with Crippen molar-refractivity contribution in [3.05, 3.63) is 82.3 Å². The van der Waals surface area contributed by atoms with Crippen molar-refractivity contribution in [2.75, 3.05) is 48.2 Å². The Labute approximate surface area is 242 Å². The highest BCUT2D eigenvalue weighted by molar-refractivity contribution is 9.10. The Balaban J connectivity index is 1.38. The Kier molecular flexibility index (Phi) is 6.78. The molecule has 3 heterocycles. The molecule has 40 heavy (non-hydrogen) atoms. The van der Waals surface area contributed by atoms with Gasteiger partial charge in [0, 0.05) is 35.5 Å². The van der Waals surface area contributed by atoms with E-state index in [1.54, 1.807) is 38.3 Å². The van der Waals surface area contributed by atoms with Crippen LogP contribution in [0.5, 0.6) is 5.75 Å². The molecule has 8 nitrogen and oxygen atoms in total. The standard InChI is InChI=1S/C31H31BrN4O4/c1-4-40-29(37)21-5-8-25(9-6-21)36-30(38)31(20(2)33-36)18-22-17-23(32)7-14-27(22)35-16-15-34(19-28(31)35)24-10-12-26(39-3)13-11-24/h5-14,17,28H,4,15-16,18-19H2,1-3H3/t28-,31+/m0/s1. The van der Waals surface area contributed by atoms with Gasteiger partial charge in [-0.05, 0) is 92.6 Å². The Bertz CT molecular complexity index is 1490. The van der Waals surface area contributed by atoms with E-state index in [9.17, 15) is 9.59 Å². The maximum atomic E-state index is 14.5. The van der Waals surface area contributed by atoms with Gasteiger partial charge in [0.1, 0.15) is 11.2 Å². The molecule has 0 unspecified atom stereocenters. The van der Waals surface area contributed by atoms with Crippen LogP contribution in [0.1, 0.15) is 29.8 Å². The zero-order chi connectivity index (χ0) is 28.0. The fraction of sp³-hybridized carbons (Fsp3) is 0.323. The van der Waals surface area contributed by atoms with Gasteiger partial charge in [-0.25, -0.2) is 4.79 Å². The molecule has 206 valence electrons. The Morgan fingerprint density at radius 2 is 1.77 bits per heavy atom. The molecule has 1 amide bonds. The van der Waals surface area contributed by atoms with Crippen LogP contribution >= 0.6 is 15.9 Å². The largest absolute Gasteiger partial charge is 0.497 e. The van der Waals surface area contributed by atoms with Crippen molar-refractivity contribution in [1.82, 2.24) is 0 Å². The van der Waals surface area contributed by atoms with Crippen LogP contribution in [0.4, 0.5) is 17.1 Å². The van der Waals surface area contributed by atoms with E-state index in [0.29, 0.717) is 30.8 Å². The first-order valence-electron chi connectivity index (χ1n) is 13.5. The van der Waals surface area contributed by atoms with E-state index in [-0.39, 0.29) is 17.9 Å². The summed E-state index contributed by atoms with van der Waals surface area (Å²) in [4.78, 5) is 31.5. The van der Waals surface area contributed by atoms with Gasteiger partial charge < -0.3 is 19.3 Å². The van der Waals surface area contributed by atoms with Crippen LogP contribution in [0.15, 0.2) is 76.3 Å². The third-order valence-corrected chi connectivity index (χ3v) is 8.79. The third-order valence-electron chi connectivity index (χ3n) is 8.30. The van der Waals surface area contributed by atoms with Crippen LogP contribution in [0.2, 0.25) is 0 Å². The lowest BCUT2D eigenvalue weighted by Crippen LogP contribution is -2.67. The quantitative estimate of drug-likeness (QED) is 0.369. The molecule has 1 spiro atoms.